The fourth-order valence-corrected chi connectivity index (χ4v) is 7.08. The third-order valence-corrected chi connectivity index (χ3v) is 9.07. The Hall–Kier alpha value is -4.94. The average molecular weight is 523 g/mol. The molecule has 8 rings (SSSR count). The summed E-state index contributed by atoms with van der Waals surface area (Å²) < 4.78 is 0. The summed E-state index contributed by atoms with van der Waals surface area (Å²) in [5, 5.41) is 5.15. The first-order chi connectivity index (χ1) is 20.1. The van der Waals surface area contributed by atoms with Gasteiger partial charge in [-0.25, -0.2) is 0 Å². The van der Waals surface area contributed by atoms with Gasteiger partial charge >= 0.3 is 0 Å². The second-order valence-corrected chi connectivity index (χ2v) is 11.7. The molecule has 0 aliphatic heterocycles. The van der Waals surface area contributed by atoms with Crippen LogP contribution in [0.15, 0.2) is 146 Å². The smallest absolute Gasteiger partial charge is 0.0159 e. The molecule has 194 valence electrons. The number of fused-ring (bicyclic) bond motifs is 5. The fourth-order valence-electron chi connectivity index (χ4n) is 7.08. The van der Waals surface area contributed by atoms with Crippen molar-refractivity contribution in [2.24, 2.45) is 0 Å². The molecule has 0 radical (unpaired) electrons. The predicted molar refractivity (Wildman–Crippen MR) is 175 cm³/mol. The fraction of sp³-hybridized carbons (Fsp3) is 0.0732. The maximum Gasteiger partial charge on any atom is 0.0159 e. The van der Waals surface area contributed by atoms with E-state index >= 15 is 0 Å². The van der Waals surface area contributed by atoms with E-state index in [9.17, 15) is 0 Å². The van der Waals surface area contributed by atoms with Crippen molar-refractivity contribution in [3.8, 4) is 44.5 Å². The van der Waals surface area contributed by atoms with Gasteiger partial charge in [-0.3, -0.25) is 0 Å². The lowest BCUT2D eigenvalue weighted by atomic mass is 9.80. The largest absolute Gasteiger partial charge is 0.0622 e. The van der Waals surface area contributed by atoms with E-state index in [1.54, 1.807) is 0 Å². The van der Waals surface area contributed by atoms with Crippen molar-refractivity contribution in [1.29, 1.82) is 0 Å². The lowest BCUT2D eigenvalue weighted by molar-refractivity contribution is 0.660. The standard InChI is InChI=1S/C41H30/c1-41(2)37-20-12-11-17-31(37)32-23-22-30(26-38(32)41)40-34-19-10-9-18-33(34)39(28-15-7-4-8-16-28)35-24-21-29(25-36(35)40)27-13-5-3-6-14-27/h3-26H,1-2H3. The molecule has 41 heavy (non-hydrogen) atoms. The van der Waals surface area contributed by atoms with Gasteiger partial charge in [-0.1, -0.05) is 147 Å². The molecule has 0 heterocycles. The van der Waals surface area contributed by atoms with Gasteiger partial charge in [-0.15, -0.1) is 0 Å². The SMILES string of the molecule is CC1(C)c2ccccc2-c2ccc(-c3c4ccccc4c(-c4ccccc4)c4ccc(-c5ccccc5)cc34)cc21. The van der Waals surface area contributed by atoms with Gasteiger partial charge in [0.15, 0.2) is 0 Å². The van der Waals surface area contributed by atoms with Crippen LogP contribution in [0.4, 0.5) is 0 Å². The van der Waals surface area contributed by atoms with Crippen molar-refractivity contribution < 1.29 is 0 Å². The third-order valence-electron chi connectivity index (χ3n) is 9.07. The quantitative estimate of drug-likeness (QED) is 0.202. The van der Waals surface area contributed by atoms with E-state index in [-0.39, 0.29) is 5.41 Å². The summed E-state index contributed by atoms with van der Waals surface area (Å²) in [6.07, 6.45) is 0. The molecule has 0 spiro atoms. The molecule has 0 unspecified atom stereocenters. The zero-order chi connectivity index (χ0) is 27.6. The zero-order valence-electron chi connectivity index (χ0n) is 23.4. The van der Waals surface area contributed by atoms with E-state index in [0.717, 1.165) is 0 Å². The van der Waals surface area contributed by atoms with E-state index in [2.05, 4.69) is 159 Å². The summed E-state index contributed by atoms with van der Waals surface area (Å²) in [6, 6.07) is 53.6. The van der Waals surface area contributed by atoms with Crippen LogP contribution in [0.3, 0.4) is 0 Å². The molecule has 0 amide bonds. The Balaban J connectivity index is 1.48. The van der Waals surface area contributed by atoms with Gasteiger partial charge in [0.2, 0.25) is 0 Å². The first-order valence-electron chi connectivity index (χ1n) is 14.5. The molecule has 1 aliphatic rings. The van der Waals surface area contributed by atoms with E-state index in [1.165, 1.54) is 77.2 Å². The molecule has 0 nitrogen and oxygen atoms in total. The first-order valence-corrected chi connectivity index (χ1v) is 14.5. The lowest BCUT2D eigenvalue weighted by Crippen LogP contribution is -2.14. The Morgan fingerprint density at radius 2 is 0.878 bits per heavy atom. The Kier molecular flexibility index (Phi) is 5.27. The average Bonchev–Trinajstić information content (AvgIpc) is 3.26. The summed E-state index contributed by atoms with van der Waals surface area (Å²) in [5.74, 6) is 0. The molecule has 0 fully saturated rings. The van der Waals surface area contributed by atoms with Crippen LogP contribution in [-0.4, -0.2) is 0 Å². The van der Waals surface area contributed by atoms with Crippen molar-refractivity contribution in [1.82, 2.24) is 0 Å². The maximum atomic E-state index is 2.47. The van der Waals surface area contributed by atoms with E-state index < -0.39 is 0 Å². The van der Waals surface area contributed by atoms with E-state index in [4.69, 9.17) is 0 Å². The van der Waals surface area contributed by atoms with Crippen LogP contribution in [0.2, 0.25) is 0 Å². The molecule has 0 saturated heterocycles. The van der Waals surface area contributed by atoms with Gasteiger partial charge in [-0.2, -0.15) is 0 Å². The molecule has 0 aromatic heterocycles. The third kappa shape index (κ3) is 3.61. The van der Waals surface area contributed by atoms with Crippen LogP contribution in [0.25, 0.3) is 66.1 Å². The summed E-state index contributed by atoms with van der Waals surface area (Å²) in [7, 11) is 0. The highest BCUT2D eigenvalue weighted by Gasteiger charge is 2.35. The second-order valence-electron chi connectivity index (χ2n) is 11.7. The molecule has 0 atom stereocenters. The van der Waals surface area contributed by atoms with Gasteiger partial charge in [0.1, 0.15) is 0 Å². The van der Waals surface area contributed by atoms with Gasteiger partial charge in [0.05, 0.1) is 0 Å². The van der Waals surface area contributed by atoms with Crippen LogP contribution in [0, 0.1) is 0 Å². The highest BCUT2D eigenvalue weighted by atomic mass is 14.4. The summed E-state index contributed by atoms with van der Waals surface area (Å²) in [5.41, 5.74) is 13.1. The predicted octanol–water partition coefficient (Wildman–Crippen LogP) is 11.3. The molecule has 7 aromatic rings. The normalized spacial score (nSPS) is 13.3. The van der Waals surface area contributed by atoms with Crippen LogP contribution in [0.5, 0.6) is 0 Å². The summed E-state index contributed by atoms with van der Waals surface area (Å²) >= 11 is 0. The Morgan fingerprint density at radius 3 is 1.61 bits per heavy atom. The first kappa shape index (κ1) is 23.9. The van der Waals surface area contributed by atoms with Gasteiger partial charge in [-0.05, 0) is 89.3 Å². The highest BCUT2D eigenvalue weighted by molar-refractivity contribution is 6.22. The van der Waals surface area contributed by atoms with Crippen molar-refractivity contribution in [2.45, 2.75) is 19.3 Å². The van der Waals surface area contributed by atoms with Gasteiger partial charge in [0, 0.05) is 5.41 Å². The number of hydrogen-bond acceptors (Lipinski definition) is 0. The highest BCUT2D eigenvalue weighted by Crippen LogP contribution is 2.51. The van der Waals surface area contributed by atoms with Gasteiger partial charge in [0.25, 0.3) is 0 Å². The Morgan fingerprint density at radius 1 is 0.341 bits per heavy atom. The van der Waals surface area contributed by atoms with Crippen molar-refractivity contribution >= 4 is 21.5 Å². The van der Waals surface area contributed by atoms with Crippen molar-refractivity contribution in [3.63, 3.8) is 0 Å². The number of rotatable bonds is 3. The molecule has 0 N–H and O–H groups in total. The van der Waals surface area contributed by atoms with Crippen molar-refractivity contribution in [2.75, 3.05) is 0 Å². The molecular formula is C41H30. The minimum absolute atomic E-state index is 0.0489. The van der Waals surface area contributed by atoms with Crippen LogP contribution in [-0.2, 0) is 5.41 Å². The Labute approximate surface area is 241 Å². The minimum atomic E-state index is -0.0489. The molecule has 7 aromatic carbocycles. The number of hydrogen-bond donors (Lipinski definition) is 0. The topological polar surface area (TPSA) is 0 Å². The van der Waals surface area contributed by atoms with E-state index in [0.29, 0.717) is 0 Å². The van der Waals surface area contributed by atoms with Gasteiger partial charge < -0.3 is 0 Å². The van der Waals surface area contributed by atoms with Crippen LogP contribution in [0.1, 0.15) is 25.0 Å². The number of benzene rings is 7. The lowest BCUT2D eigenvalue weighted by Gasteiger charge is -2.23. The molecule has 0 saturated carbocycles. The molecule has 0 bridgehead atoms. The zero-order valence-corrected chi connectivity index (χ0v) is 23.4. The van der Waals surface area contributed by atoms with Crippen molar-refractivity contribution in [3.05, 3.63) is 157 Å². The van der Waals surface area contributed by atoms with Crippen LogP contribution < -0.4 is 0 Å². The summed E-state index contributed by atoms with van der Waals surface area (Å²) in [6.45, 7) is 4.73. The second kappa shape index (κ2) is 9.04. The van der Waals surface area contributed by atoms with Crippen LogP contribution >= 0.6 is 0 Å². The maximum absolute atomic E-state index is 2.47. The van der Waals surface area contributed by atoms with E-state index in [1.807, 2.05) is 0 Å². The molecule has 1 aliphatic carbocycles. The Bertz CT molecular complexity index is 2100. The molecule has 0 heteroatoms. The summed E-state index contributed by atoms with van der Waals surface area (Å²) in [4.78, 5) is 0. The minimum Gasteiger partial charge on any atom is -0.0622 e. The monoisotopic (exact) mass is 522 g/mol. The molecular weight excluding hydrogens is 492 g/mol.